The maximum Gasteiger partial charge on any atom is 0.406 e. The maximum absolute atomic E-state index is 14.1. The smallest absolute Gasteiger partial charge is 0.406 e. The normalized spacial score (nSPS) is 17.7. The van der Waals surface area contributed by atoms with Crippen LogP contribution in [0.2, 0.25) is 0 Å². The first-order valence-electron chi connectivity index (χ1n) is 10.6. The van der Waals surface area contributed by atoms with Crippen LogP contribution in [0.4, 0.5) is 24.5 Å². The number of anilines is 2. The molecule has 12 heteroatoms. The van der Waals surface area contributed by atoms with Crippen molar-refractivity contribution in [2.24, 2.45) is 5.41 Å². The lowest BCUT2D eigenvalue weighted by Crippen LogP contribution is -2.47. The van der Waals surface area contributed by atoms with Gasteiger partial charge in [0.1, 0.15) is 5.75 Å². The Morgan fingerprint density at radius 3 is 2.42 bits per heavy atom. The molecular formula is C24H23F3N2O6S. The number of esters is 1. The van der Waals surface area contributed by atoms with Gasteiger partial charge in [-0.05, 0) is 35.8 Å². The topological polar surface area (TPSA) is 122 Å². The first-order chi connectivity index (χ1) is 16.9. The van der Waals surface area contributed by atoms with Gasteiger partial charge in [-0.15, -0.1) is 0 Å². The molecule has 0 fully saturated rings. The van der Waals surface area contributed by atoms with E-state index in [-0.39, 0.29) is 11.4 Å². The van der Waals surface area contributed by atoms with Crippen LogP contribution in [0.15, 0.2) is 66.8 Å². The summed E-state index contributed by atoms with van der Waals surface area (Å²) in [5, 5.41) is 12.2. The second kappa shape index (κ2) is 10.4. The summed E-state index contributed by atoms with van der Waals surface area (Å²) < 4.78 is 73.2. The van der Waals surface area contributed by atoms with Crippen LogP contribution in [0.5, 0.6) is 5.75 Å². The third-order valence-corrected chi connectivity index (χ3v) is 6.80. The van der Waals surface area contributed by atoms with Crippen molar-refractivity contribution in [2.45, 2.75) is 19.0 Å². The molecule has 0 saturated carbocycles. The molecule has 8 nitrogen and oxygen atoms in total. The number of benzene rings is 2. The lowest BCUT2D eigenvalue weighted by atomic mass is 9.77. The molecule has 0 spiro atoms. The fourth-order valence-corrected chi connectivity index (χ4v) is 4.50. The molecule has 1 aliphatic carbocycles. The molecule has 1 unspecified atom stereocenters. The molecule has 2 aromatic carbocycles. The van der Waals surface area contributed by atoms with Crippen LogP contribution in [-0.4, -0.2) is 44.4 Å². The van der Waals surface area contributed by atoms with Crippen molar-refractivity contribution in [3.05, 3.63) is 72.3 Å². The Hall–Kier alpha value is -3.80. The van der Waals surface area contributed by atoms with E-state index in [4.69, 9.17) is 0 Å². The van der Waals surface area contributed by atoms with Gasteiger partial charge in [-0.25, -0.2) is 8.42 Å². The number of phenolic OH excluding ortho intramolecular Hbond substituents is 1. The first-order valence-corrected chi connectivity index (χ1v) is 12.3. The molecule has 3 N–H and O–H groups in total. The largest absolute Gasteiger partial charge is 0.506 e. The molecule has 0 aromatic heterocycles. The van der Waals surface area contributed by atoms with Crippen LogP contribution < -0.4 is 10.0 Å². The number of allylic oxidation sites excluding steroid dienone is 3. The van der Waals surface area contributed by atoms with Gasteiger partial charge in [-0.2, -0.15) is 13.2 Å². The summed E-state index contributed by atoms with van der Waals surface area (Å²) in [6.45, 7) is 0. The van der Waals surface area contributed by atoms with Gasteiger partial charge in [0, 0.05) is 5.69 Å². The fraction of sp³-hybridized carbons (Fsp3) is 0.250. The van der Waals surface area contributed by atoms with Crippen LogP contribution in [-0.2, 0) is 24.3 Å². The molecule has 0 heterocycles. The second-order valence-electron chi connectivity index (χ2n) is 7.97. The lowest BCUT2D eigenvalue weighted by molar-refractivity contribution is -0.203. The summed E-state index contributed by atoms with van der Waals surface area (Å²) in [6, 6.07) is 11.9. The van der Waals surface area contributed by atoms with Gasteiger partial charge in [0.25, 0.3) is 0 Å². The number of carbonyl (C=O) groups is 2. The average molecular weight is 525 g/mol. The Morgan fingerprint density at radius 2 is 1.83 bits per heavy atom. The van der Waals surface area contributed by atoms with Crippen LogP contribution in [0.3, 0.4) is 0 Å². The van der Waals surface area contributed by atoms with Crippen molar-refractivity contribution in [3.63, 3.8) is 0 Å². The van der Waals surface area contributed by atoms with Crippen molar-refractivity contribution in [2.75, 3.05) is 22.9 Å². The van der Waals surface area contributed by atoms with Gasteiger partial charge >= 0.3 is 12.1 Å². The number of ether oxygens (including phenoxy) is 1. The molecule has 0 radical (unpaired) electrons. The lowest BCUT2D eigenvalue weighted by Gasteiger charge is -2.33. The minimum absolute atomic E-state index is 0.182. The number of rotatable bonds is 8. The number of carbonyl (C=O) groups excluding carboxylic acids is 2. The van der Waals surface area contributed by atoms with Crippen LogP contribution in [0.25, 0.3) is 5.57 Å². The van der Waals surface area contributed by atoms with E-state index in [0.29, 0.717) is 11.1 Å². The van der Waals surface area contributed by atoms with Gasteiger partial charge in [-0.3, -0.25) is 14.3 Å². The first kappa shape index (κ1) is 26.8. The number of alkyl halides is 3. The van der Waals surface area contributed by atoms with Crippen LogP contribution in [0, 0.1) is 5.41 Å². The highest BCUT2D eigenvalue weighted by Crippen LogP contribution is 2.47. The number of phenols is 1. The third-order valence-electron chi connectivity index (χ3n) is 5.53. The van der Waals surface area contributed by atoms with Crippen molar-refractivity contribution in [1.82, 2.24) is 0 Å². The van der Waals surface area contributed by atoms with E-state index in [1.807, 2.05) is 4.72 Å². The Morgan fingerprint density at radius 1 is 1.14 bits per heavy atom. The van der Waals surface area contributed by atoms with Crippen molar-refractivity contribution in [3.8, 4) is 5.75 Å². The van der Waals surface area contributed by atoms with E-state index in [0.717, 1.165) is 31.4 Å². The number of nitrogens with one attached hydrogen (secondary N) is 2. The number of methoxy groups -OCH3 is 1. The molecule has 3 rings (SSSR count). The Bertz CT molecular complexity index is 1310. The number of hydrogen-bond donors (Lipinski definition) is 3. The molecule has 1 atom stereocenters. The molecule has 1 amide bonds. The van der Waals surface area contributed by atoms with Gasteiger partial charge in [0.2, 0.25) is 15.9 Å². The molecule has 2 aromatic rings. The predicted molar refractivity (Wildman–Crippen MR) is 127 cm³/mol. The molecule has 36 heavy (non-hydrogen) atoms. The highest BCUT2D eigenvalue weighted by molar-refractivity contribution is 7.92. The van der Waals surface area contributed by atoms with E-state index in [1.165, 1.54) is 12.2 Å². The van der Waals surface area contributed by atoms with E-state index in [1.54, 1.807) is 30.3 Å². The monoisotopic (exact) mass is 524 g/mol. The van der Waals surface area contributed by atoms with Gasteiger partial charge in [0.15, 0.2) is 5.41 Å². The zero-order valence-corrected chi connectivity index (χ0v) is 19.8. The van der Waals surface area contributed by atoms with E-state index < -0.39 is 57.8 Å². The van der Waals surface area contributed by atoms with Crippen molar-refractivity contribution in [1.29, 1.82) is 0 Å². The summed E-state index contributed by atoms with van der Waals surface area (Å²) in [6.07, 6.45) is -2.65. The Kier molecular flexibility index (Phi) is 7.77. The zero-order valence-electron chi connectivity index (χ0n) is 19.0. The summed E-state index contributed by atoms with van der Waals surface area (Å²) in [5.41, 5.74) is -2.18. The van der Waals surface area contributed by atoms with E-state index >= 15 is 0 Å². The van der Waals surface area contributed by atoms with E-state index in [9.17, 15) is 36.3 Å². The fourth-order valence-electron chi connectivity index (χ4n) is 3.47. The second-order valence-corrected chi connectivity index (χ2v) is 9.81. The Balaban J connectivity index is 1.81. The third kappa shape index (κ3) is 6.06. The van der Waals surface area contributed by atoms with Gasteiger partial charge in [-0.1, -0.05) is 48.6 Å². The summed E-state index contributed by atoms with van der Waals surface area (Å²) in [7, 11) is -3.03. The Labute approximate surface area is 205 Å². The maximum atomic E-state index is 14.1. The van der Waals surface area contributed by atoms with Crippen molar-refractivity contribution >= 4 is 38.8 Å². The molecule has 192 valence electrons. The van der Waals surface area contributed by atoms with Crippen LogP contribution >= 0.6 is 0 Å². The molecule has 0 bridgehead atoms. The number of halogens is 3. The van der Waals surface area contributed by atoms with Gasteiger partial charge < -0.3 is 15.2 Å². The predicted octanol–water partition coefficient (Wildman–Crippen LogP) is 4.23. The van der Waals surface area contributed by atoms with Crippen LogP contribution in [0.1, 0.15) is 18.4 Å². The molecule has 1 aliphatic rings. The molecule has 0 saturated heterocycles. The summed E-state index contributed by atoms with van der Waals surface area (Å²) in [4.78, 5) is 24.1. The minimum atomic E-state index is -4.93. The molecule has 0 aliphatic heterocycles. The minimum Gasteiger partial charge on any atom is -0.506 e. The number of sulfonamides is 1. The average Bonchev–Trinajstić information content (AvgIpc) is 2.84. The van der Waals surface area contributed by atoms with E-state index in [2.05, 4.69) is 10.1 Å². The number of aromatic hydroxyl groups is 1. The SMILES string of the molecule is COC(=O)CCS(=O)(=O)Nc1cc(NC(=O)C2(C(F)(F)F)C=CC(c3ccccc3)=CC2)ccc1O. The molecular weight excluding hydrogens is 501 g/mol. The quantitative estimate of drug-likeness (QED) is 0.270. The van der Waals surface area contributed by atoms with Gasteiger partial charge in [0.05, 0.1) is 25.0 Å². The number of hydrogen-bond acceptors (Lipinski definition) is 6. The summed E-state index contributed by atoms with van der Waals surface area (Å²) >= 11 is 0. The van der Waals surface area contributed by atoms with Crippen molar-refractivity contribution < 1.29 is 41.0 Å². The standard InChI is InChI=1S/C24H23F3N2O6S/c1-35-21(31)11-14-36(33,34)29-19-15-18(7-8-20(19)30)28-22(32)23(24(25,26)27)12-9-17(10-13-23)16-5-3-2-4-6-16/h2-10,12,15,29-30H,11,13-14H2,1H3,(H,28,32). The zero-order chi connectivity index (χ0) is 26.6. The highest BCUT2D eigenvalue weighted by atomic mass is 32.2. The highest BCUT2D eigenvalue weighted by Gasteiger charge is 2.58. The summed E-state index contributed by atoms with van der Waals surface area (Å²) in [5.74, 6) is -3.34. The number of amides is 1.